The van der Waals surface area contributed by atoms with Gasteiger partial charge in [-0.25, -0.2) is 14.4 Å². The predicted molar refractivity (Wildman–Crippen MR) is 120 cm³/mol. The number of carbonyl (C=O) groups excluding carboxylic acids is 1. The Morgan fingerprint density at radius 3 is 2.91 bits per heavy atom. The van der Waals surface area contributed by atoms with Gasteiger partial charge in [-0.05, 0) is 18.2 Å². The molecule has 5 rings (SSSR count). The Morgan fingerprint density at radius 2 is 2.09 bits per heavy atom. The van der Waals surface area contributed by atoms with E-state index in [-0.39, 0.29) is 12.4 Å². The van der Waals surface area contributed by atoms with Gasteiger partial charge in [0.05, 0.1) is 11.7 Å². The molecule has 2 aromatic carbocycles. The average molecular weight is 443 g/mol. The molecule has 0 fully saturated rings. The number of H-pyrrole nitrogens is 1. The first-order chi connectivity index (χ1) is 16.1. The molecule has 3 N–H and O–H groups in total. The van der Waals surface area contributed by atoms with Crippen LogP contribution in [0.3, 0.4) is 0 Å². The third kappa shape index (κ3) is 3.57. The zero-order chi connectivity index (χ0) is 22.9. The van der Waals surface area contributed by atoms with Crippen molar-refractivity contribution in [1.29, 1.82) is 5.41 Å². The molecule has 0 bridgehead atoms. The summed E-state index contributed by atoms with van der Waals surface area (Å²) in [5.41, 5.74) is 2.39. The summed E-state index contributed by atoms with van der Waals surface area (Å²) in [4.78, 5) is 21.2. The summed E-state index contributed by atoms with van der Waals surface area (Å²) in [7, 11) is 1.73. The van der Waals surface area contributed by atoms with Crippen molar-refractivity contribution >= 4 is 34.1 Å². The van der Waals surface area contributed by atoms with E-state index in [4.69, 9.17) is 10.1 Å². The van der Waals surface area contributed by atoms with Crippen molar-refractivity contribution in [3.63, 3.8) is 0 Å². The molecule has 3 heterocycles. The molecular formula is C23H18FN7O2. The molecule has 0 saturated carbocycles. The van der Waals surface area contributed by atoms with E-state index >= 15 is 0 Å². The number of nitrogens with zero attached hydrogens (tertiary/aromatic N) is 4. The molecule has 164 valence electrons. The van der Waals surface area contributed by atoms with Crippen molar-refractivity contribution in [3.05, 3.63) is 77.6 Å². The van der Waals surface area contributed by atoms with Crippen LogP contribution in [0.1, 0.15) is 21.6 Å². The number of amides is 1. The van der Waals surface area contributed by atoms with Crippen LogP contribution in [0.4, 0.5) is 4.39 Å². The van der Waals surface area contributed by atoms with E-state index < -0.39 is 5.91 Å². The summed E-state index contributed by atoms with van der Waals surface area (Å²) in [5.74, 6) is 0.0470. The fourth-order valence-corrected chi connectivity index (χ4v) is 3.77. The summed E-state index contributed by atoms with van der Waals surface area (Å²) >= 11 is 0. The van der Waals surface area contributed by atoms with Gasteiger partial charge in [0, 0.05) is 42.4 Å². The number of ether oxygens (including phenoxy) is 1. The number of hydrogen-bond donors (Lipinski definition) is 3. The fourth-order valence-electron chi connectivity index (χ4n) is 3.77. The second kappa shape index (κ2) is 8.15. The summed E-state index contributed by atoms with van der Waals surface area (Å²) in [6.45, 7) is 0.0350. The molecular weight excluding hydrogens is 425 g/mol. The number of aryl methyl sites for hydroxylation is 1. The molecule has 10 heteroatoms. The van der Waals surface area contributed by atoms with E-state index in [1.165, 1.54) is 12.4 Å². The number of aromatic amines is 1. The highest BCUT2D eigenvalue weighted by Crippen LogP contribution is 2.31. The van der Waals surface area contributed by atoms with Gasteiger partial charge < -0.3 is 20.0 Å². The van der Waals surface area contributed by atoms with Crippen molar-refractivity contribution in [2.75, 3.05) is 0 Å². The maximum Gasteiger partial charge on any atom is 0.268 e. The molecule has 5 aromatic rings. The molecule has 1 amide bonds. The standard InChI is InChI=1S/C23H18FN7O2/c1-31-19-8-14(33-23-17-11-29-30-21(17)27-12-28-23)6-7-15(19)16(9-25)20(31)22(32)26-10-13-4-2-3-5-18(13)24/h2-9,11-12,25H,10H2,1H3,(H,26,32)(H,27,28,29,30). The Labute approximate surface area is 186 Å². The van der Waals surface area contributed by atoms with Crippen molar-refractivity contribution in [3.8, 4) is 11.6 Å². The third-order valence-electron chi connectivity index (χ3n) is 5.39. The minimum atomic E-state index is -0.408. The number of fused-ring (bicyclic) bond motifs is 2. The Kier molecular flexibility index (Phi) is 5.02. The van der Waals surface area contributed by atoms with Gasteiger partial charge in [0.1, 0.15) is 29.0 Å². The molecule has 33 heavy (non-hydrogen) atoms. The van der Waals surface area contributed by atoms with E-state index in [1.54, 1.807) is 54.2 Å². The van der Waals surface area contributed by atoms with Crippen LogP contribution in [0, 0.1) is 11.2 Å². The van der Waals surface area contributed by atoms with Gasteiger partial charge in [0.25, 0.3) is 5.91 Å². The Morgan fingerprint density at radius 1 is 1.24 bits per heavy atom. The maximum atomic E-state index is 13.9. The largest absolute Gasteiger partial charge is 0.438 e. The lowest BCUT2D eigenvalue weighted by Gasteiger charge is -2.09. The van der Waals surface area contributed by atoms with Gasteiger partial charge in [-0.15, -0.1) is 0 Å². The first-order valence-electron chi connectivity index (χ1n) is 10.0. The maximum absolute atomic E-state index is 13.9. The van der Waals surface area contributed by atoms with Crippen LogP contribution in [0.2, 0.25) is 0 Å². The van der Waals surface area contributed by atoms with E-state index in [0.717, 1.165) is 6.21 Å². The Bertz CT molecular complexity index is 1520. The number of carbonyl (C=O) groups is 1. The van der Waals surface area contributed by atoms with Crippen LogP contribution < -0.4 is 10.1 Å². The second-order valence-corrected chi connectivity index (χ2v) is 7.33. The predicted octanol–water partition coefficient (Wildman–Crippen LogP) is 3.70. The van der Waals surface area contributed by atoms with Gasteiger partial charge in [-0.2, -0.15) is 5.10 Å². The van der Waals surface area contributed by atoms with Crippen molar-refractivity contribution in [2.45, 2.75) is 6.54 Å². The zero-order valence-corrected chi connectivity index (χ0v) is 17.5. The first kappa shape index (κ1) is 20.3. The van der Waals surface area contributed by atoms with Crippen LogP contribution >= 0.6 is 0 Å². The van der Waals surface area contributed by atoms with Crippen molar-refractivity contribution in [1.82, 2.24) is 30.0 Å². The highest BCUT2D eigenvalue weighted by atomic mass is 19.1. The molecule has 9 nitrogen and oxygen atoms in total. The molecule has 0 aliphatic rings. The molecule has 0 radical (unpaired) electrons. The minimum absolute atomic E-state index is 0.0350. The molecule has 0 atom stereocenters. The molecule has 0 spiro atoms. The summed E-state index contributed by atoms with van der Waals surface area (Å²) in [6.07, 6.45) is 4.10. The second-order valence-electron chi connectivity index (χ2n) is 7.33. The van der Waals surface area contributed by atoms with Crippen LogP contribution in [-0.4, -0.2) is 36.9 Å². The van der Waals surface area contributed by atoms with Gasteiger partial charge >= 0.3 is 0 Å². The summed E-state index contributed by atoms with van der Waals surface area (Å²) in [6, 6.07) is 11.6. The Hall–Kier alpha value is -4.60. The lowest BCUT2D eigenvalue weighted by molar-refractivity contribution is 0.0942. The molecule has 0 aliphatic carbocycles. The van der Waals surface area contributed by atoms with Gasteiger partial charge in [-0.3, -0.25) is 9.89 Å². The number of rotatable bonds is 6. The van der Waals surface area contributed by atoms with Gasteiger partial charge in [0.15, 0.2) is 5.65 Å². The molecule has 0 aliphatic heterocycles. The first-order valence-corrected chi connectivity index (χ1v) is 10.0. The average Bonchev–Trinajstić information content (AvgIpc) is 3.41. The van der Waals surface area contributed by atoms with Crippen LogP contribution in [-0.2, 0) is 13.6 Å². The molecule has 0 saturated heterocycles. The highest BCUT2D eigenvalue weighted by Gasteiger charge is 2.21. The number of aromatic nitrogens is 5. The third-order valence-corrected chi connectivity index (χ3v) is 5.39. The minimum Gasteiger partial charge on any atom is -0.438 e. The van der Waals surface area contributed by atoms with Gasteiger partial charge in [-0.1, -0.05) is 18.2 Å². The molecule has 3 aromatic heterocycles. The van der Waals surface area contributed by atoms with E-state index in [9.17, 15) is 9.18 Å². The number of benzene rings is 2. The zero-order valence-electron chi connectivity index (χ0n) is 17.5. The van der Waals surface area contributed by atoms with E-state index in [2.05, 4.69) is 25.5 Å². The van der Waals surface area contributed by atoms with Crippen LogP contribution in [0.25, 0.3) is 21.9 Å². The lowest BCUT2D eigenvalue weighted by Crippen LogP contribution is -2.26. The number of nitrogens with one attached hydrogen (secondary N) is 3. The highest BCUT2D eigenvalue weighted by molar-refractivity contribution is 6.10. The normalized spacial score (nSPS) is 11.1. The van der Waals surface area contributed by atoms with Gasteiger partial charge in [0.2, 0.25) is 5.88 Å². The fraction of sp³-hybridized carbons (Fsp3) is 0.0870. The Balaban J connectivity index is 1.48. The van der Waals surface area contributed by atoms with Crippen LogP contribution in [0.5, 0.6) is 11.6 Å². The van der Waals surface area contributed by atoms with Crippen molar-refractivity contribution in [2.24, 2.45) is 7.05 Å². The summed E-state index contributed by atoms with van der Waals surface area (Å²) < 4.78 is 21.6. The van der Waals surface area contributed by atoms with Crippen molar-refractivity contribution < 1.29 is 13.9 Å². The molecule has 0 unspecified atom stereocenters. The lowest BCUT2D eigenvalue weighted by atomic mass is 10.1. The SMILES string of the molecule is Cn1c(C(=O)NCc2ccccc2F)c(C=N)c2ccc(Oc3ncnc4[nH]ncc34)cc21. The smallest absolute Gasteiger partial charge is 0.268 e. The number of halogens is 1. The van der Waals surface area contributed by atoms with E-state index in [1.807, 2.05) is 0 Å². The topological polar surface area (TPSA) is 122 Å². The monoisotopic (exact) mass is 443 g/mol. The quantitative estimate of drug-likeness (QED) is 0.346. The number of hydrogen-bond acceptors (Lipinski definition) is 6. The van der Waals surface area contributed by atoms with E-state index in [0.29, 0.717) is 50.4 Å². The summed E-state index contributed by atoms with van der Waals surface area (Å²) in [5, 5.41) is 18.7. The van der Waals surface area contributed by atoms with Crippen LogP contribution in [0.15, 0.2) is 55.0 Å².